The second-order valence-electron chi connectivity index (χ2n) is 18.6. The third-order valence-electron chi connectivity index (χ3n) is 13.7. The van der Waals surface area contributed by atoms with E-state index in [1.165, 1.54) is 29.5 Å². The molecular formula is C45H53FN6O7S. The molecule has 4 aliphatic carbocycles. The van der Waals surface area contributed by atoms with E-state index in [4.69, 9.17) is 9.47 Å². The van der Waals surface area contributed by atoms with Gasteiger partial charge in [-0.15, -0.1) is 0 Å². The summed E-state index contributed by atoms with van der Waals surface area (Å²) in [6, 6.07) is 12.5. The molecule has 2 N–H and O–H groups in total. The Balaban J connectivity index is 0.922. The number of alkyl halides is 1. The molecule has 2 aromatic carbocycles. The number of carbonyl (C=O) groups excluding carboxylic acids is 1. The zero-order valence-electron chi connectivity index (χ0n) is 34.3. The lowest BCUT2D eigenvalue weighted by Crippen LogP contribution is -2.65. The number of aromatic nitrogens is 2. The van der Waals surface area contributed by atoms with Gasteiger partial charge in [-0.25, -0.2) is 22.5 Å². The molecule has 1 amide bonds. The fourth-order valence-corrected chi connectivity index (χ4v) is 11.3. The Morgan fingerprint density at radius 1 is 1.07 bits per heavy atom. The number of fused-ring (bicyclic) bond motifs is 1. The number of H-pyrrole nitrogens is 1. The van der Waals surface area contributed by atoms with Crippen molar-refractivity contribution in [3.63, 3.8) is 0 Å². The highest BCUT2D eigenvalue weighted by Crippen LogP contribution is 2.74. The maximum atomic E-state index is 14.7. The number of aryl methyl sites for hydroxylation is 1. The van der Waals surface area contributed by atoms with E-state index in [0.29, 0.717) is 61.8 Å². The Labute approximate surface area is 349 Å². The van der Waals surface area contributed by atoms with Crippen LogP contribution in [0, 0.1) is 26.9 Å². The first-order valence-corrected chi connectivity index (χ1v) is 22.7. The van der Waals surface area contributed by atoms with E-state index < -0.39 is 26.5 Å². The van der Waals surface area contributed by atoms with Gasteiger partial charge in [0.15, 0.2) is 0 Å². The first-order valence-electron chi connectivity index (χ1n) is 21.2. The van der Waals surface area contributed by atoms with Crippen LogP contribution in [0.5, 0.6) is 11.5 Å². The number of allylic oxidation sites excluding steroid dienone is 1. The van der Waals surface area contributed by atoms with Crippen LogP contribution in [-0.2, 0) is 21.2 Å². The number of amides is 1. The summed E-state index contributed by atoms with van der Waals surface area (Å²) in [5.41, 5.74) is 4.03. The molecule has 2 aliphatic heterocycles. The highest BCUT2D eigenvalue weighted by molar-refractivity contribution is 7.90. The number of carbonyl (C=O) groups is 1. The second kappa shape index (κ2) is 15.6. The molecule has 318 valence electrons. The number of pyridine rings is 1. The third-order valence-corrected chi connectivity index (χ3v) is 15.0. The highest BCUT2D eigenvalue weighted by atomic mass is 32.2. The van der Waals surface area contributed by atoms with Gasteiger partial charge in [0.2, 0.25) is 0 Å². The number of anilines is 1. The van der Waals surface area contributed by atoms with E-state index in [9.17, 15) is 27.7 Å². The predicted molar refractivity (Wildman–Crippen MR) is 226 cm³/mol. The summed E-state index contributed by atoms with van der Waals surface area (Å²) in [5.74, 6) is -0.0620. The number of aromatic amines is 1. The van der Waals surface area contributed by atoms with Gasteiger partial charge in [-0.3, -0.25) is 19.8 Å². The van der Waals surface area contributed by atoms with Gasteiger partial charge in [-0.1, -0.05) is 31.1 Å². The molecule has 13 nitrogen and oxygen atoms in total. The van der Waals surface area contributed by atoms with Crippen molar-refractivity contribution in [2.75, 3.05) is 50.8 Å². The number of nitrogens with one attached hydrogen (secondary N) is 2. The van der Waals surface area contributed by atoms with Crippen LogP contribution in [0.15, 0.2) is 77.0 Å². The summed E-state index contributed by atoms with van der Waals surface area (Å²) in [4.78, 5) is 37.2. The molecule has 0 atom stereocenters. The maximum Gasteiger partial charge on any atom is 0.273 e. The number of benzene rings is 2. The Morgan fingerprint density at radius 3 is 2.57 bits per heavy atom. The van der Waals surface area contributed by atoms with E-state index in [2.05, 4.69) is 38.3 Å². The summed E-state index contributed by atoms with van der Waals surface area (Å²) in [5, 5.41) is 12.9. The van der Waals surface area contributed by atoms with E-state index in [-0.39, 0.29) is 32.7 Å². The summed E-state index contributed by atoms with van der Waals surface area (Å²) in [6.45, 7) is 10.0. The van der Waals surface area contributed by atoms with Crippen molar-refractivity contribution >= 4 is 38.3 Å². The normalized spacial score (nSPS) is 24.5. The molecule has 0 spiro atoms. The maximum absolute atomic E-state index is 14.7. The average Bonchev–Trinajstić information content (AvgIpc) is 3.68. The van der Waals surface area contributed by atoms with Gasteiger partial charge in [0, 0.05) is 86.3 Å². The number of ether oxygens (including phenoxy) is 2. The van der Waals surface area contributed by atoms with Crippen LogP contribution in [-0.4, -0.2) is 85.7 Å². The van der Waals surface area contributed by atoms with Crippen molar-refractivity contribution in [1.82, 2.24) is 19.6 Å². The summed E-state index contributed by atoms with van der Waals surface area (Å²) < 4.78 is 55.9. The van der Waals surface area contributed by atoms with Crippen LogP contribution < -0.4 is 14.4 Å². The van der Waals surface area contributed by atoms with Crippen LogP contribution in [0.2, 0.25) is 0 Å². The smallest absolute Gasteiger partial charge is 0.273 e. The fourth-order valence-electron chi connectivity index (χ4n) is 10.3. The number of piperazine rings is 1. The number of rotatable bonds is 13. The largest absolute Gasteiger partial charge is 0.455 e. The molecule has 2 bridgehead atoms. The lowest BCUT2D eigenvalue weighted by Gasteiger charge is -2.68. The Bertz CT molecular complexity index is 2450. The zero-order valence-corrected chi connectivity index (χ0v) is 35.1. The van der Waals surface area contributed by atoms with Gasteiger partial charge in [-0.2, -0.15) is 0 Å². The van der Waals surface area contributed by atoms with Crippen LogP contribution in [0.25, 0.3) is 11.0 Å². The molecule has 2 saturated heterocycles. The van der Waals surface area contributed by atoms with Crippen molar-refractivity contribution in [3.05, 3.63) is 93.3 Å². The minimum absolute atomic E-state index is 0.0268. The van der Waals surface area contributed by atoms with Crippen molar-refractivity contribution < 1.29 is 32.0 Å². The average molecular weight is 841 g/mol. The molecule has 60 heavy (non-hydrogen) atoms. The topological polar surface area (TPSA) is 160 Å². The summed E-state index contributed by atoms with van der Waals surface area (Å²) in [7, 11) is -4.53. The highest BCUT2D eigenvalue weighted by Gasteiger charge is 2.70. The SMILES string of the molecule is CC1(C)CCC(CN2CCN(c3ccc(C(=O)NS(=O)(=O)c4ccc(CCC5CCOCC5)c([N+](=O)[O-])c4)c(Oc4cnc5[nH]ccc5c4)c3)CC2)=C(C23CC(F)(C2)C3)C1. The Morgan fingerprint density at radius 2 is 1.83 bits per heavy atom. The van der Waals surface area contributed by atoms with E-state index in [0.717, 1.165) is 88.4 Å². The standard InChI is InChI=1S/C45H53FN6O7S/c1-43(2)13-9-33(38(24-43)44-27-45(46,28-44)29-44)26-50-15-17-51(18-16-50)34-6-8-37(40(22-34)59-35-21-32-10-14-47-41(32)48-25-35)42(53)49-60(56,57)36-7-5-31(39(23-36)52(54)55)4-3-30-11-19-58-20-12-30/h5-8,10,14,21-23,25,30H,3-4,9,11-13,15-20,24,26-29H2,1-2H3,(H,47,48)(H,49,53). The number of halogens is 1. The molecular weight excluding hydrogens is 788 g/mol. The Kier molecular flexibility index (Phi) is 10.5. The number of sulfonamides is 1. The molecule has 2 aromatic heterocycles. The van der Waals surface area contributed by atoms with Gasteiger partial charge in [0.1, 0.15) is 22.8 Å². The van der Waals surface area contributed by atoms with E-state index in [1.54, 1.807) is 30.5 Å². The van der Waals surface area contributed by atoms with Crippen LogP contribution in [0.3, 0.4) is 0 Å². The van der Waals surface area contributed by atoms with Crippen molar-refractivity contribution in [2.45, 2.75) is 88.6 Å². The first-order chi connectivity index (χ1) is 28.7. The molecule has 6 aliphatic rings. The minimum atomic E-state index is -4.53. The van der Waals surface area contributed by atoms with E-state index in [1.807, 2.05) is 6.07 Å². The van der Waals surface area contributed by atoms with Crippen LogP contribution >= 0.6 is 0 Å². The van der Waals surface area contributed by atoms with Crippen LogP contribution in [0.1, 0.15) is 87.6 Å². The lowest BCUT2D eigenvalue weighted by atomic mass is 9.38. The third kappa shape index (κ3) is 8.15. The van der Waals surface area contributed by atoms with Gasteiger partial charge >= 0.3 is 0 Å². The quantitative estimate of drug-likeness (QED) is 0.0762. The number of nitrogens with zero attached hydrogens (tertiary/aromatic N) is 4. The predicted octanol–water partition coefficient (Wildman–Crippen LogP) is 8.26. The van der Waals surface area contributed by atoms with Gasteiger partial charge < -0.3 is 19.4 Å². The summed E-state index contributed by atoms with van der Waals surface area (Å²) >= 11 is 0. The molecule has 15 heteroatoms. The minimum Gasteiger partial charge on any atom is -0.455 e. The van der Waals surface area contributed by atoms with Crippen molar-refractivity contribution in [2.24, 2.45) is 16.7 Å². The molecule has 10 rings (SSSR count). The molecule has 3 saturated carbocycles. The molecule has 5 fully saturated rings. The fraction of sp³-hybridized carbons (Fsp3) is 0.511. The molecule has 0 radical (unpaired) electrons. The molecule has 0 unspecified atom stereocenters. The molecule has 4 heterocycles. The Hall–Kier alpha value is -4.86. The van der Waals surface area contributed by atoms with Gasteiger partial charge in [0.05, 0.1) is 21.6 Å². The second-order valence-corrected chi connectivity index (χ2v) is 20.3. The van der Waals surface area contributed by atoms with Crippen LogP contribution in [0.4, 0.5) is 15.8 Å². The van der Waals surface area contributed by atoms with Crippen molar-refractivity contribution in [1.29, 1.82) is 0 Å². The zero-order chi connectivity index (χ0) is 41.9. The first kappa shape index (κ1) is 40.5. The number of hydrogen-bond donors (Lipinski definition) is 2. The van der Waals surface area contributed by atoms with Gasteiger partial charge in [-0.05, 0) is 106 Å². The number of nitro groups is 1. The number of hydrogen-bond acceptors (Lipinski definition) is 10. The van der Waals surface area contributed by atoms with Crippen molar-refractivity contribution in [3.8, 4) is 11.5 Å². The summed E-state index contributed by atoms with van der Waals surface area (Å²) in [6.07, 6.45) is 11.5. The number of nitro benzene ring substituents is 1. The lowest BCUT2D eigenvalue weighted by molar-refractivity contribution is -0.385. The van der Waals surface area contributed by atoms with E-state index >= 15 is 0 Å². The van der Waals surface area contributed by atoms with Gasteiger partial charge in [0.25, 0.3) is 21.6 Å². The molecule has 4 aromatic rings. The monoisotopic (exact) mass is 840 g/mol.